The quantitative estimate of drug-likeness (QED) is 0.728. The lowest BCUT2D eigenvalue weighted by Gasteiger charge is -2.15. The molecule has 3 heteroatoms. The van der Waals surface area contributed by atoms with Crippen molar-refractivity contribution in [2.75, 3.05) is 12.3 Å². The fourth-order valence-electron chi connectivity index (χ4n) is 1.83. The zero-order chi connectivity index (χ0) is 11.8. The molecule has 0 aliphatic heterocycles. The minimum absolute atomic E-state index is 0.820. The molecule has 2 nitrogen and oxygen atoms in total. The molecule has 0 amide bonds. The van der Waals surface area contributed by atoms with Gasteiger partial charge in [-0.15, -0.1) is 11.3 Å². The van der Waals surface area contributed by atoms with E-state index in [9.17, 15) is 0 Å². The Hall–Kier alpha value is -0.540. The van der Waals surface area contributed by atoms with Crippen LogP contribution in [0.15, 0.2) is 11.4 Å². The predicted molar refractivity (Wildman–Crippen MR) is 73.7 cm³/mol. The van der Waals surface area contributed by atoms with Gasteiger partial charge in [0.05, 0.1) is 0 Å². The largest absolute Gasteiger partial charge is 0.398 e. The third-order valence-corrected chi connectivity index (χ3v) is 3.98. The summed E-state index contributed by atoms with van der Waals surface area (Å²) in [6, 6.07) is 1.98. The summed E-state index contributed by atoms with van der Waals surface area (Å²) in [7, 11) is 0. The minimum Gasteiger partial charge on any atom is -0.398 e. The topological polar surface area (TPSA) is 38.0 Å². The van der Waals surface area contributed by atoms with Gasteiger partial charge in [-0.3, -0.25) is 0 Å². The molecule has 0 bridgehead atoms. The molecule has 1 unspecified atom stereocenters. The Morgan fingerprint density at radius 3 is 2.81 bits per heavy atom. The number of rotatable bonds is 8. The van der Waals surface area contributed by atoms with Crippen LogP contribution in [0, 0.1) is 5.92 Å². The first-order valence-electron chi connectivity index (χ1n) is 6.30. The maximum absolute atomic E-state index is 5.84. The number of anilines is 1. The van der Waals surface area contributed by atoms with E-state index in [-0.39, 0.29) is 0 Å². The van der Waals surface area contributed by atoms with Crippen molar-refractivity contribution in [3.63, 3.8) is 0 Å². The van der Waals surface area contributed by atoms with Crippen LogP contribution < -0.4 is 11.1 Å². The molecule has 3 N–H and O–H groups in total. The molecule has 1 atom stereocenters. The first-order chi connectivity index (χ1) is 7.77. The van der Waals surface area contributed by atoms with Crippen molar-refractivity contribution in [3.8, 4) is 0 Å². The average Bonchev–Trinajstić information content (AvgIpc) is 2.69. The Morgan fingerprint density at radius 1 is 1.44 bits per heavy atom. The summed E-state index contributed by atoms with van der Waals surface area (Å²) in [5.74, 6) is 0.820. The summed E-state index contributed by atoms with van der Waals surface area (Å²) in [6.45, 7) is 6.58. The van der Waals surface area contributed by atoms with E-state index in [4.69, 9.17) is 5.73 Å². The molecule has 1 aromatic rings. The average molecular weight is 240 g/mol. The van der Waals surface area contributed by atoms with Crippen molar-refractivity contribution < 1.29 is 0 Å². The summed E-state index contributed by atoms with van der Waals surface area (Å²) < 4.78 is 0. The van der Waals surface area contributed by atoms with E-state index in [0.717, 1.165) is 24.7 Å². The fourth-order valence-corrected chi connectivity index (χ4v) is 2.60. The Bertz CT molecular complexity index is 283. The Morgan fingerprint density at radius 2 is 2.25 bits per heavy atom. The molecule has 1 aromatic heterocycles. The SMILES string of the molecule is CCCCC(CC)CNCc1sccc1N. The lowest BCUT2D eigenvalue weighted by Crippen LogP contribution is -2.22. The molecular formula is C13H24N2S. The van der Waals surface area contributed by atoms with Gasteiger partial charge in [-0.25, -0.2) is 0 Å². The zero-order valence-corrected chi connectivity index (χ0v) is 11.3. The lowest BCUT2D eigenvalue weighted by atomic mass is 9.99. The highest BCUT2D eigenvalue weighted by atomic mass is 32.1. The summed E-state index contributed by atoms with van der Waals surface area (Å²) >= 11 is 1.74. The van der Waals surface area contributed by atoms with Gasteiger partial charge in [0.2, 0.25) is 0 Å². The smallest absolute Gasteiger partial charge is 0.0468 e. The highest BCUT2D eigenvalue weighted by Gasteiger charge is 2.06. The van der Waals surface area contributed by atoms with Crippen molar-refractivity contribution in [1.29, 1.82) is 0 Å². The Labute approximate surface area is 103 Å². The summed E-state index contributed by atoms with van der Waals surface area (Å²) in [6.07, 6.45) is 5.27. The van der Waals surface area contributed by atoms with E-state index in [1.165, 1.54) is 30.6 Å². The zero-order valence-electron chi connectivity index (χ0n) is 10.5. The van der Waals surface area contributed by atoms with Gasteiger partial charge in [-0.05, 0) is 30.3 Å². The van der Waals surface area contributed by atoms with Crippen LogP contribution in [-0.2, 0) is 6.54 Å². The molecule has 92 valence electrons. The van der Waals surface area contributed by atoms with E-state index in [1.807, 2.05) is 6.07 Å². The number of nitrogen functional groups attached to an aromatic ring is 1. The van der Waals surface area contributed by atoms with Crippen LogP contribution in [0.4, 0.5) is 5.69 Å². The predicted octanol–water partition coefficient (Wildman–Crippen LogP) is 3.64. The second-order valence-corrected chi connectivity index (χ2v) is 5.35. The number of nitrogens with two attached hydrogens (primary N) is 1. The van der Waals surface area contributed by atoms with Crippen molar-refractivity contribution in [1.82, 2.24) is 5.32 Å². The molecule has 0 aliphatic carbocycles. The normalized spacial score (nSPS) is 12.9. The summed E-state index contributed by atoms with van der Waals surface area (Å²) in [5, 5.41) is 5.58. The summed E-state index contributed by atoms with van der Waals surface area (Å²) in [5.41, 5.74) is 6.77. The Kier molecular flexibility index (Phi) is 6.50. The van der Waals surface area contributed by atoms with Crippen LogP contribution in [0.5, 0.6) is 0 Å². The number of unbranched alkanes of at least 4 members (excludes halogenated alkanes) is 1. The molecule has 16 heavy (non-hydrogen) atoms. The van der Waals surface area contributed by atoms with Gasteiger partial charge in [0.15, 0.2) is 0 Å². The molecule has 0 saturated heterocycles. The minimum atomic E-state index is 0.820. The second-order valence-electron chi connectivity index (χ2n) is 4.35. The number of nitrogens with one attached hydrogen (secondary N) is 1. The third-order valence-electron chi connectivity index (χ3n) is 3.04. The standard InChI is InChI=1S/C13H24N2S/c1-3-5-6-11(4-2)9-15-10-13-12(14)7-8-16-13/h7-8,11,15H,3-6,9-10,14H2,1-2H3. The van der Waals surface area contributed by atoms with Crippen LogP contribution >= 0.6 is 11.3 Å². The molecule has 0 radical (unpaired) electrons. The van der Waals surface area contributed by atoms with Crippen molar-refractivity contribution >= 4 is 17.0 Å². The van der Waals surface area contributed by atoms with Gasteiger partial charge in [0, 0.05) is 17.1 Å². The monoisotopic (exact) mass is 240 g/mol. The maximum atomic E-state index is 5.84. The molecule has 0 fully saturated rings. The lowest BCUT2D eigenvalue weighted by molar-refractivity contribution is 0.420. The molecule has 0 aromatic carbocycles. The molecule has 0 aliphatic rings. The van der Waals surface area contributed by atoms with E-state index in [1.54, 1.807) is 11.3 Å². The van der Waals surface area contributed by atoms with Gasteiger partial charge in [0.25, 0.3) is 0 Å². The van der Waals surface area contributed by atoms with E-state index < -0.39 is 0 Å². The van der Waals surface area contributed by atoms with Crippen LogP contribution in [0.3, 0.4) is 0 Å². The fraction of sp³-hybridized carbons (Fsp3) is 0.692. The van der Waals surface area contributed by atoms with Crippen LogP contribution in [-0.4, -0.2) is 6.54 Å². The van der Waals surface area contributed by atoms with Crippen molar-refractivity contribution in [2.45, 2.75) is 46.1 Å². The first kappa shape index (κ1) is 13.5. The number of thiophene rings is 1. The van der Waals surface area contributed by atoms with Crippen molar-refractivity contribution in [3.05, 3.63) is 16.3 Å². The van der Waals surface area contributed by atoms with Gasteiger partial charge in [-0.2, -0.15) is 0 Å². The maximum Gasteiger partial charge on any atom is 0.0468 e. The molecule has 1 heterocycles. The number of hydrogen-bond acceptors (Lipinski definition) is 3. The molecule has 0 saturated carbocycles. The van der Waals surface area contributed by atoms with Crippen molar-refractivity contribution in [2.24, 2.45) is 5.92 Å². The van der Waals surface area contributed by atoms with E-state index in [2.05, 4.69) is 24.5 Å². The highest BCUT2D eigenvalue weighted by molar-refractivity contribution is 7.10. The second kappa shape index (κ2) is 7.69. The number of hydrogen-bond donors (Lipinski definition) is 2. The van der Waals surface area contributed by atoms with Gasteiger partial charge >= 0.3 is 0 Å². The Balaban J connectivity index is 2.20. The molecule has 1 rings (SSSR count). The van der Waals surface area contributed by atoms with E-state index >= 15 is 0 Å². The van der Waals surface area contributed by atoms with E-state index in [0.29, 0.717) is 0 Å². The van der Waals surface area contributed by atoms with Crippen LogP contribution in [0.25, 0.3) is 0 Å². The third kappa shape index (κ3) is 4.54. The van der Waals surface area contributed by atoms with Crippen LogP contribution in [0.2, 0.25) is 0 Å². The molecular weight excluding hydrogens is 216 g/mol. The highest BCUT2D eigenvalue weighted by Crippen LogP contribution is 2.18. The molecule has 0 spiro atoms. The summed E-state index contributed by atoms with van der Waals surface area (Å²) in [4.78, 5) is 1.27. The first-order valence-corrected chi connectivity index (χ1v) is 7.18. The van der Waals surface area contributed by atoms with Crippen LogP contribution in [0.1, 0.15) is 44.4 Å². The van der Waals surface area contributed by atoms with Gasteiger partial charge in [-0.1, -0.05) is 33.1 Å². The van der Waals surface area contributed by atoms with Gasteiger partial charge < -0.3 is 11.1 Å². The van der Waals surface area contributed by atoms with Gasteiger partial charge in [0.1, 0.15) is 0 Å².